The van der Waals surface area contributed by atoms with Gasteiger partial charge in [0.1, 0.15) is 11.2 Å². The number of rotatable bonds is 2. The van der Waals surface area contributed by atoms with E-state index in [1.165, 1.54) is 30.3 Å². The van der Waals surface area contributed by atoms with Gasteiger partial charge in [-0.25, -0.2) is 9.78 Å². The van der Waals surface area contributed by atoms with Gasteiger partial charge in [-0.05, 0) is 17.7 Å². The monoisotopic (exact) mass is 326 g/mol. The summed E-state index contributed by atoms with van der Waals surface area (Å²) >= 11 is 5.82. The van der Waals surface area contributed by atoms with Crippen molar-refractivity contribution < 1.29 is 23.1 Å². The minimum absolute atomic E-state index is 0.0432. The van der Waals surface area contributed by atoms with Gasteiger partial charge in [0.25, 0.3) is 0 Å². The molecule has 0 aliphatic carbocycles. The normalized spacial score (nSPS) is 11.0. The van der Waals surface area contributed by atoms with Crippen molar-refractivity contribution in [1.29, 1.82) is 5.26 Å². The first kappa shape index (κ1) is 15.8. The van der Waals surface area contributed by atoms with Gasteiger partial charge in [0, 0.05) is 11.8 Å². The number of halogens is 4. The number of benzene rings is 1. The minimum atomic E-state index is -4.75. The molecule has 22 heavy (non-hydrogen) atoms. The van der Waals surface area contributed by atoms with Crippen LogP contribution in [0.25, 0.3) is 11.1 Å². The van der Waals surface area contributed by atoms with E-state index in [-0.39, 0.29) is 21.8 Å². The number of nitriles is 1. The molecular weight excluding hydrogens is 321 g/mol. The predicted octanol–water partition coefficient (Wildman–Crippen LogP) is 3.99. The Kier molecular flexibility index (Phi) is 4.06. The molecule has 0 aliphatic heterocycles. The fourth-order valence-corrected chi connectivity index (χ4v) is 2.11. The van der Waals surface area contributed by atoms with Crippen LogP contribution in [0.3, 0.4) is 0 Å². The van der Waals surface area contributed by atoms with Crippen molar-refractivity contribution in [1.82, 2.24) is 4.98 Å². The van der Waals surface area contributed by atoms with Crippen LogP contribution in [0.15, 0.2) is 30.5 Å². The zero-order chi connectivity index (χ0) is 16.5. The maximum atomic E-state index is 12.9. The van der Waals surface area contributed by atoms with Gasteiger partial charge in [0.2, 0.25) is 0 Å². The number of hydrogen-bond donors (Lipinski definition) is 1. The SMILES string of the molecule is N#Cc1c(C(F)(F)F)cnc(Cl)c1-c1ccc(C(=O)O)cc1. The number of aromatic nitrogens is 1. The van der Waals surface area contributed by atoms with Crippen molar-refractivity contribution in [2.75, 3.05) is 0 Å². The van der Waals surface area contributed by atoms with E-state index in [2.05, 4.69) is 4.98 Å². The Morgan fingerprint density at radius 3 is 2.32 bits per heavy atom. The van der Waals surface area contributed by atoms with Crippen LogP contribution in [0.5, 0.6) is 0 Å². The smallest absolute Gasteiger partial charge is 0.419 e. The molecule has 112 valence electrons. The van der Waals surface area contributed by atoms with E-state index < -0.39 is 23.3 Å². The fourth-order valence-electron chi connectivity index (χ4n) is 1.86. The summed E-state index contributed by atoms with van der Waals surface area (Å²) in [5, 5.41) is 17.6. The zero-order valence-electron chi connectivity index (χ0n) is 10.6. The molecule has 1 aromatic carbocycles. The number of carboxylic acid groups (broad SMARTS) is 1. The maximum absolute atomic E-state index is 12.9. The molecule has 0 amide bonds. The molecule has 2 rings (SSSR count). The third-order valence-corrected chi connectivity index (χ3v) is 3.16. The third kappa shape index (κ3) is 2.87. The average Bonchev–Trinajstić information content (AvgIpc) is 2.45. The van der Waals surface area contributed by atoms with Crippen molar-refractivity contribution in [3.8, 4) is 17.2 Å². The Balaban J connectivity index is 2.69. The first-order valence-electron chi connectivity index (χ1n) is 5.75. The summed E-state index contributed by atoms with van der Waals surface area (Å²) in [7, 11) is 0. The van der Waals surface area contributed by atoms with Crippen LogP contribution in [0.2, 0.25) is 5.15 Å². The van der Waals surface area contributed by atoms with Crippen LogP contribution in [-0.4, -0.2) is 16.1 Å². The number of hydrogen-bond acceptors (Lipinski definition) is 3. The minimum Gasteiger partial charge on any atom is -0.478 e. The van der Waals surface area contributed by atoms with Crippen molar-refractivity contribution in [2.45, 2.75) is 6.18 Å². The fraction of sp³-hybridized carbons (Fsp3) is 0.0714. The molecule has 4 nitrogen and oxygen atoms in total. The maximum Gasteiger partial charge on any atom is 0.419 e. The molecule has 0 saturated carbocycles. The van der Waals surface area contributed by atoms with Gasteiger partial charge >= 0.3 is 12.1 Å². The summed E-state index contributed by atoms with van der Waals surface area (Å²) in [5.41, 5.74) is -1.91. The van der Waals surface area contributed by atoms with Crippen LogP contribution in [-0.2, 0) is 6.18 Å². The lowest BCUT2D eigenvalue weighted by Gasteiger charge is -2.13. The van der Waals surface area contributed by atoms with Gasteiger partial charge in [-0.3, -0.25) is 0 Å². The van der Waals surface area contributed by atoms with Crippen LogP contribution in [0.1, 0.15) is 21.5 Å². The first-order chi connectivity index (χ1) is 10.3. The molecule has 0 spiro atoms. The van der Waals surface area contributed by atoms with Crippen LogP contribution >= 0.6 is 11.6 Å². The summed E-state index contributed by atoms with van der Waals surface area (Å²) in [4.78, 5) is 14.3. The van der Waals surface area contributed by atoms with Crippen molar-refractivity contribution in [3.05, 3.63) is 52.3 Å². The van der Waals surface area contributed by atoms with Gasteiger partial charge in [0.05, 0.1) is 16.7 Å². The topological polar surface area (TPSA) is 74.0 Å². The average molecular weight is 327 g/mol. The molecule has 0 radical (unpaired) electrons. The largest absolute Gasteiger partial charge is 0.478 e. The highest BCUT2D eigenvalue weighted by atomic mass is 35.5. The summed E-state index contributed by atoms with van der Waals surface area (Å²) < 4.78 is 38.8. The van der Waals surface area contributed by atoms with Crippen molar-refractivity contribution in [2.24, 2.45) is 0 Å². The van der Waals surface area contributed by atoms with E-state index in [0.717, 1.165) is 0 Å². The number of aromatic carboxylic acids is 1. The highest BCUT2D eigenvalue weighted by Gasteiger charge is 2.36. The number of carbonyl (C=O) groups is 1. The number of carboxylic acids is 1. The molecular formula is C14H6ClF3N2O2. The molecule has 0 fully saturated rings. The van der Waals surface area contributed by atoms with Gasteiger partial charge in [-0.2, -0.15) is 18.4 Å². The number of nitrogens with zero attached hydrogens (tertiary/aromatic N) is 2. The van der Waals surface area contributed by atoms with Crippen LogP contribution in [0.4, 0.5) is 13.2 Å². The quantitative estimate of drug-likeness (QED) is 0.847. The van der Waals surface area contributed by atoms with E-state index in [9.17, 15) is 18.0 Å². The molecule has 1 N–H and O–H groups in total. The zero-order valence-corrected chi connectivity index (χ0v) is 11.4. The molecule has 0 atom stereocenters. The van der Waals surface area contributed by atoms with E-state index in [4.69, 9.17) is 22.0 Å². The molecule has 0 saturated heterocycles. The lowest BCUT2D eigenvalue weighted by molar-refractivity contribution is -0.138. The predicted molar refractivity (Wildman–Crippen MR) is 71.4 cm³/mol. The van der Waals surface area contributed by atoms with Gasteiger partial charge in [-0.15, -0.1) is 0 Å². The van der Waals surface area contributed by atoms with Crippen molar-refractivity contribution >= 4 is 17.6 Å². The van der Waals surface area contributed by atoms with Crippen molar-refractivity contribution in [3.63, 3.8) is 0 Å². The Morgan fingerprint density at radius 1 is 1.27 bits per heavy atom. The molecule has 0 bridgehead atoms. The molecule has 0 unspecified atom stereocenters. The highest BCUT2D eigenvalue weighted by Crippen LogP contribution is 2.38. The Labute approximate surface area is 127 Å². The summed E-state index contributed by atoms with van der Waals surface area (Å²) in [5.74, 6) is -1.18. The van der Waals surface area contributed by atoms with Gasteiger partial charge < -0.3 is 5.11 Å². The second-order valence-corrected chi connectivity index (χ2v) is 4.56. The van der Waals surface area contributed by atoms with E-state index >= 15 is 0 Å². The Hall–Kier alpha value is -2.59. The van der Waals surface area contributed by atoms with Gasteiger partial charge in [-0.1, -0.05) is 23.7 Å². The number of alkyl halides is 3. The summed E-state index contributed by atoms with van der Waals surface area (Å²) in [6.45, 7) is 0. The molecule has 8 heteroatoms. The lowest BCUT2D eigenvalue weighted by atomic mass is 9.98. The molecule has 0 aliphatic rings. The van der Waals surface area contributed by atoms with Gasteiger partial charge in [0.15, 0.2) is 0 Å². The van der Waals surface area contributed by atoms with Crippen LogP contribution < -0.4 is 0 Å². The third-order valence-electron chi connectivity index (χ3n) is 2.87. The van der Waals surface area contributed by atoms with E-state index in [1.807, 2.05) is 0 Å². The van der Waals surface area contributed by atoms with E-state index in [0.29, 0.717) is 6.20 Å². The first-order valence-corrected chi connectivity index (χ1v) is 6.13. The standard InChI is InChI=1S/C14H6ClF3N2O2/c15-12-11(7-1-3-8(4-2-7)13(21)22)9(5-19)10(6-20-12)14(16,17)18/h1-4,6H,(H,21,22). The molecule has 2 aromatic rings. The second kappa shape index (κ2) is 5.66. The lowest BCUT2D eigenvalue weighted by Crippen LogP contribution is -2.10. The molecule has 1 aromatic heterocycles. The summed E-state index contributed by atoms with van der Waals surface area (Å²) in [6.07, 6.45) is -4.26. The summed E-state index contributed by atoms with van der Waals surface area (Å²) in [6, 6.07) is 6.44. The van der Waals surface area contributed by atoms with Crippen LogP contribution in [0, 0.1) is 11.3 Å². The Morgan fingerprint density at radius 2 is 1.86 bits per heavy atom. The Bertz CT molecular complexity index is 780. The van der Waals surface area contributed by atoms with E-state index in [1.54, 1.807) is 0 Å². The second-order valence-electron chi connectivity index (χ2n) is 4.20. The highest BCUT2D eigenvalue weighted by molar-refractivity contribution is 6.32. The number of pyridine rings is 1. The molecule has 1 heterocycles.